The van der Waals surface area contributed by atoms with Gasteiger partial charge in [0.25, 0.3) is 0 Å². The van der Waals surface area contributed by atoms with Gasteiger partial charge in [-0.05, 0) is 35.9 Å². The van der Waals surface area contributed by atoms with Crippen molar-refractivity contribution in [3.63, 3.8) is 0 Å². The van der Waals surface area contributed by atoms with E-state index in [-0.39, 0.29) is 5.91 Å². The van der Waals surface area contributed by atoms with Crippen molar-refractivity contribution in [3.8, 4) is 10.7 Å². The summed E-state index contributed by atoms with van der Waals surface area (Å²) in [5, 5.41) is 8.84. The molecule has 0 bridgehead atoms. The number of nitrogens with zero attached hydrogens (tertiary/aromatic N) is 2. The summed E-state index contributed by atoms with van der Waals surface area (Å²) >= 11 is 1.56. The molecule has 0 atom stereocenters. The predicted molar refractivity (Wildman–Crippen MR) is 93.8 cm³/mol. The fourth-order valence-electron chi connectivity index (χ4n) is 2.40. The molecule has 0 fully saturated rings. The molecule has 2 aromatic heterocycles. The van der Waals surface area contributed by atoms with Crippen LogP contribution in [0.4, 0.5) is 0 Å². The van der Waals surface area contributed by atoms with E-state index in [1.165, 1.54) is 11.1 Å². The summed E-state index contributed by atoms with van der Waals surface area (Å²) in [5.41, 5.74) is 2.51. The highest BCUT2D eigenvalue weighted by Crippen LogP contribution is 2.21. The van der Waals surface area contributed by atoms with Crippen LogP contribution < -0.4 is 5.32 Å². The van der Waals surface area contributed by atoms with Gasteiger partial charge in [0.05, 0.1) is 4.88 Å². The van der Waals surface area contributed by atoms with E-state index >= 15 is 0 Å². The molecule has 6 heteroatoms. The normalized spacial score (nSPS) is 10.7. The van der Waals surface area contributed by atoms with Crippen molar-refractivity contribution in [1.82, 2.24) is 15.5 Å². The molecule has 1 aromatic carbocycles. The monoisotopic (exact) mass is 341 g/mol. The van der Waals surface area contributed by atoms with Gasteiger partial charge in [-0.15, -0.1) is 11.3 Å². The van der Waals surface area contributed by atoms with E-state index in [4.69, 9.17) is 4.52 Å². The second-order valence-corrected chi connectivity index (χ2v) is 6.46. The Kier molecular flexibility index (Phi) is 5.38. The molecular formula is C18H19N3O2S. The molecule has 24 heavy (non-hydrogen) atoms. The average molecular weight is 341 g/mol. The molecule has 1 amide bonds. The lowest BCUT2D eigenvalue weighted by Gasteiger charge is -2.06. The maximum Gasteiger partial charge on any atom is 0.227 e. The van der Waals surface area contributed by atoms with Crippen LogP contribution in [0.15, 0.2) is 46.3 Å². The standard InChI is InChI=1S/C18H19N3O2S/c1-13-5-2-3-6-14(13)10-11-19-16(22)8-9-17-20-18(21-23-17)15-7-4-12-24-15/h2-7,12H,8-11H2,1H3,(H,19,22). The molecule has 124 valence electrons. The lowest BCUT2D eigenvalue weighted by atomic mass is 10.1. The van der Waals surface area contributed by atoms with E-state index in [1.807, 2.05) is 29.6 Å². The van der Waals surface area contributed by atoms with Gasteiger partial charge in [0, 0.05) is 19.4 Å². The first-order valence-electron chi connectivity index (χ1n) is 7.90. The number of benzene rings is 1. The van der Waals surface area contributed by atoms with Crippen molar-refractivity contribution in [2.45, 2.75) is 26.2 Å². The SMILES string of the molecule is Cc1ccccc1CCNC(=O)CCc1nc(-c2cccs2)no1. The maximum atomic E-state index is 11.9. The Labute approximate surface area is 144 Å². The number of carbonyl (C=O) groups excluding carboxylic acids is 1. The second-order valence-electron chi connectivity index (χ2n) is 5.52. The third-order valence-corrected chi connectivity index (χ3v) is 4.62. The Hall–Kier alpha value is -2.47. The summed E-state index contributed by atoms with van der Waals surface area (Å²) < 4.78 is 5.19. The first-order valence-corrected chi connectivity index (χ1v) is 8.78. The summed E-state index contributed by atoms with van der Waals surface area (Å²) in [6.07, 6.45) is 1.63. The number of hydrogen-bond donors (Lipinski definition) is 1. The van der Waals surface area contributed by atoms with Gasteiger partial charge in [-0.2, -0.15) is 4.98 Å². The summed E-state index contributed by atoms with van der Waals surface area (Å²) in [4.78, 5) is 17.2. The van der Waals surface area contributed by atoms with E-state index in [9.17, 15) is 4.79 Å². The lowest BCUT2D eigenvalue weighted by Crippen LogP contribution is -2.26. The highest BCUT2D eigenvalue weighted by atomic mass is 32.1. The average Bonchev–Trinajstić information content (AvgIpc) is 3.26. The van der Waals surface area contributed by atoms with Gasteiger partial charge >= 0.3 is 0 Å². The minimum atomic E-state index is -0.000502. The first kappa shape index (κ1) is 16.4. The number of nitrogens with one attached hydrogen (secondary N) is 1. The number of hydrogen-bond acceptors (Lipinski definition) is 5. The van der Waals surface area contributed by atoms with E-state index in [0.717, 1.165) is 11.3 Å². The largest absolute Gasteiger partial charge is 0.356 e. The predicted octanol–water partition coefficient (Wildman–Crippen LogP) is 3.40. The molecule has 1 N–H and O–H groups in total. The molecule has 2 heterocycles. The second kappa shape index (κ2) is 7.88. The molecule has 0 unspecified atom stereocenters. The molecular weight excluding hydrogens is 322 g/mol. The van der Waals surface area contributed by atoms with E-state index in [1.54, 1.807) is 11.3 Å². The fraction of sp³-hybridized carbons (Fsp3) is 0.278. The highest BCUT2D eigenvalue weighted by Gasteiger charge is 2.11. The molecule has 3 rings (SSSR count). The maximum absolute atomic E-state index is 11.9. The fourth-order valence-corrected chi connectivity index (χ4v) is 3.05. The third kappa shape index (κ3) is 4.29. The van der Waals surface area contributed by atoms with Crippen LogP contribution in [0.1, 0.15) is 23.4 Å². The zero-order chi connectivity index (χ0) is 16.8. The van der Waals surface area contributed by atoms with E-state index < -0.39 is 0 Å². The van der Waals surface area contributed by atoms with Crippen LogP contribution >= 0.6 is 11.3 Å². The van der Waals surface area contributed by atoms with Crippen molar-refractivity contribution in [3.05, 3.63) is 58.8 Å². The molecule has 0 radical (unpaired) electrons. The Morgan fingerprint density at radius 2 is 2.08 bits per heavy atom. The number of carbonyl (C=O) groups is 1. The minimum absolute atomic E-state index is 0.000502. The summed E-state index contributed by atoms with van der Waals surface area (Å²) in [7, 11) is 0. The van der Waals surface area contributed by atoms with Gasteiger partial charge < -0.3 is 9.84 Å². The number of amides is 1. The van der Waals surface area contributed by atoms with Crippen LogP contribution in [-0.2, 0) is 17.6 Å². The summed E-state index contributed by atoms with van der Waals surface area (Å²) in [6, 6.07) is 12.1. The number of aryl methyl sites for hydroxylation is 2. The Bertz CT molecular complexity index is 796. The quantitative estimate of drug-likeness (QED) is 0.715. The minimum Gasteiger partial charge on any atom is -0.356 e. The molecule has 3 aromatic rings. The van der Waals surface area contributed by atoms with Crippen LogP contribution in [0, 0.1) is 6.92 Å². The number of rotatable bonds is 7. The van der Waals surface area contributed by atoms with Gasteiger partial charge in [0.1, 0.15) is 0 Å². The molecule has 0 saturated heterocycles. The molecule has 0 aliphatic carbocycles. The third-order valence-electron chi connectivity index (χ3n) is 3.75. The van der Waals surface area contributed by atoms with Crippen LogP contribution in [-0.4, -0.2) is 22.6 Å². The van der Waals surface area contributed by atoms with Gasteiger partial charge in [-0.3, -0.25) is 4.79 Å². The van der Waals surface area contributed by atoms with Crippen molar-refractivity contribution in [1.29, 1.82) is 0 Å². The van der Waals surface area contributed by atoms with Crippen LogP contribution in [0.3, 0.4) is 0 Å². The smallest absolute Gasteiger partial charge is 0.227 e. The van der Waals surface area contributed by atoms with Crippen LogP contribution in [0.25, 0.3) is 10.7 Å². The highest BCUT2D eigenvalue weighted by molar-refractivity contribution is 7.13. The lowest BCUT2D eigenvalue weighted by molar-refractivity contribution is -0.121. The number of aromatic nitrogens is 2. The summed E-state index contributed by atoms with van der Waals surface area (Å²) in [5.74, 6) is 1.08. The van der Waals surface area contributed by atoms with E-state index in [2.05, 4.69) is 34.5 Å². The van der Waals surface area contributed by atoms with Crippen molar-refractivity contribution in [2.24, 2.45) is 0 Å². The Balaban J connectivity index is 1.42. The topological polar surface area (TPSA) is 68.0 Å². The Morgan fingerprint density at radius 3 is 2.88 bits per heavy atom. The molecule has 0 spiro atoms. The van der Waals surface area contributed by atoms with E-state index in [0.29, 0.717) is 31.1 Å². The zero-order valence-corrected chi connectivity index (χ0v) is 14.3. The first-order chi connectivity index (χ1) is 11.7. The van der Waals surface area contributed by atoms with Crippen LogP contribution in [0.2, 0.25) is 0 Å². The molecule has 0 saturated carbocycles. The van der Waals surface area contributed by atoms with Crippen molar-refractivity contribution >= 4 is 17.2 Å². The number of thiophene rings is 1. The molecule has 0 aliphatic heterocycles. The Morgan fingerprint density at radius 1 is 1.21 bits per heavy atom. The van der Waals surface area contributed by atoms with Gasteiger partial charge in [0.15, 0.2) is 0 Å². The summed E-state index contributed by atoms with van der Waals surface area (Å²) in [6.45, 7) is 2.71. The van der Waals surface area contributed by atoms with Gasteiger partial charge in [-0.25, -0.2) is 0 Å². The zero-order valence-electron chi connectivity index (χ0n) is 13.5. The van der Waals surface area contributed by atoms with Gasteiger partial charge in [0.2, 0.25) is 17.6 Å². The molecule has 0 aliphatic rings. The van der Waals surface area contributed by atoms with Crippen LogP contribution in [0.5, 0.6) is 0 Å². The van der Waals surface area contributed by atoms with Crippen molar-refractivity contribution in [2.75, 3.05) is 6.54 Å². The molecule has 5 nitrogen and oxygen atoms in total. The van der Waals surface area contributed by atoms with Gasteiger partial charge in [-0.1, -0.05) is 35.5 Å². The van der Waals surface area contributed by atoms with Crippen molar-refractivity contribution < 1.29 is 9.32 Å².